The number of hydrogen-bond donors (Lipinski definition) is 2. The van der Waals surface area contributed by atoms with Crippen LogP contribution < -0.4 is 20.1 Å². The van der Waals surface area contributed by atoms with Gasteiger partial charge in [0.15, 0.2) is 17.3 Å². The highest BCUT2D eigenvalue weighted by Gasteiger charge is 2.36. The normalized spacial score (nSPS) is 19.4. The minimum Gasteiger partial charge on any atom is -0.493 e. The van der Waals surface area contributed by atoms with E-state index in [1.165, 1.54) is 11.1 Å². The molecule has 5 heteroatoms. The molecule has 0 spiro atoms. The lowest BCUT2D eigenvalue weighted by Gasteiger charge is -2.30. The highest BCUT2D eigenvalue weighted by molar-refractivity contribution is 6.01. The quantitative estimate of drug-likeness (QED) is 0.420. The van der Waals surface area contributed by atoms with Gasteiger partial charge in [0, 0.05) is 17.7 Å². The fourth-order valence-corrected chi connectivity index (χ4v) is 5.27. The second-order valence-corrected chi connectivity index (χ2v) is 10.7. The van der Waals surface area contributed by atoms with E-state index in [-0.39, 0.29) is 23.2 Å². The number of nitrogens with one attached hydrogen (secondary N) is 2. The van der Waals surface area contributed by atoms with E-state index >= 15 is 0 Å². The second kappa shape index (κ2) is 9.38. The van der Waals surface area contributed by atoms with Crippen LogP contribution >= 0.6 is 0 Å². The van der Waals surface area contributed by atoms with Crippen LogP contribution in [0.15, 0.2) is 78.0 Å². The molecule has 1 aliphatic heterocycles. The second-order valence-electron chi connectivity index (χ2n) is 10.7. The van der Waals surface area contributed by atoms with Crippen molar-refractivity contribution in [2.24, 2.45) is 0 Å². The summed E-state index contributed by atoms with van der Waals surface area (Å²) in [6, 6.07) is 22.5. The summed E-state index contributed by atoms with van der Waals surface area (Å²) in [5.74, 6) is 1.60. The van der Waals surface area contributed by atoms with Crippen LogP contribution in [0, 0.1) is 0 Å². The van der Waals surface area contributed by atoms with Crippen LogP contribution in [0.25, 0.3) is 0 Å². The average molecular weight is 483 g/mol. The third-order valence-electron chi connectivity index (χ3n) is 7.30. The van der Waals surface area contributed by atoms with Crippen molar-refractivity contribution in [2.75, 3.05) is 24.9 Å². The predicted molar refractivity (Wildman–Crippen MR) is 145 cm³/mol. The Morgan fingerprint density at radius 1 is 0.806 bits per heavy atom. The summed E-state index contributed by atoms with van der Waals surface area (Å²) in [6.07, 6.45) is 1.26. The number of anilines is 2. The third kappa shape index (κ3) is 4.46. The maximum Gasteiger partial charge on any atom is 0.163 e. The summed E-state index contributed by atoms with van der Waals surface area (Å²) in [5, 5.41) is 7.25. The van der Waals surface area contributed by atoms with Gasteiger partial charge in [-0.2, -0.15) is 0 Å². The number of rotatable bonds is 4. The molecule has 0 fully saturated rings. The Balaban J connectivity index is 1.56. The van der Waals surface area contributed by atoms with Crippen molar-refractivity contribution in [3.8, 4) is 11.5 Å². The molecule has 1 aliphatic carbocycles. The van der Waals surface area contributed by atoms with E-state index in [1.807, 2.05) is 36.4 Å². The molecule has 0 amide bonds. The zero-order valence-electron chi connectivity index (χ0n) is 21.6. The summed E-state index contributed by atoms with van der Waals surface area (Å²) >= 11 is 0. The van der Waals surface area contributed by atoms with E-state index in [1.54, 1.807) is 14.2 Å². The zero-order chi connectivity index (χ0) is 25.4. The van der Waals surface area contributed by atoms with Crippen LogP contribution in [-0.4, -0.2) is 20.0 Å². The highest BCUT2D eigenvalue weighted by atomic mass is 16.5. The first kappa shape index (κ1) is 24.0. The number of methoxy groups -OCH3 is 2. The molecule has 1 heterocycles. The molecule has 2 unspecified atom stereocenters. The number of fused-ring (bicyclic) bond motifs is 1. The van der Waals surface area contributed by atoms with Gasteiger partial charge >= 0.3 is 0 Å². The Bertz CT molecular complexity index is 1320. The highest BCUT2D eigenvalue weighted by Crippen LogP contribution is 2.45. The van der Waals surface area contributed by atoms with E-state index in [9.17, 15) is 4.79 Å². The van der Waals surface area contributed by atoms with Crippen molar-refractivity contribution in [3.05, 3.63) is 94.7 Å². The fourth-order valence-electron chi connectivity index (χ4n) is 5.27. The standard InChI is InChI=1S/C31H34N2O3/c1-31(2,3)22-13-10-19(11-14-22)21-16-25-29(26(34)17-21)30(33-24-9-7-6-8-23(24)32-25)20-12-15-27(35-4)28(18-20)36-5/h6-15,18,21,30,32-33H,16-17H2,1-5H3. The summed E-state index contributed by atoms with van der Waals surface area (Å²) in [6.45, 7) is 6.66. The predicted octanol–water partition coefficient (Wildman–Crippen LogP) is 6.98. The molecule has 2 atom stereocenters. The van der Waals surface area contributed by atoms with E-state index in [4.69, 9.17) is 9.47 Å². The smallest absolute Gasteiger partial charge is 0.163 e. The van der Waals surface area contributed by atoms with Gasteiger partial charge < -0.3 is 20.1 Å². The van der Waals surface area contributed by atoms with Gasteiger partial charge in [-0.05, 0) is 58.7 Å². The topological polar surface area (TPSA) is 59.6 Å². The van der Waals surface area contributed by atoms with Crippen LogP contribution in [-0.2, 0) is 10.2 Å². The Morgan fingerprint density at radius 3 is 2.14 bits per heavy atom. The number of ether oxygens (including phenoxy) is 2. The Kier molecular flexibility index (Phi) is 6.25. The number of allylic oxidation sites excluding steroid dienone is 1. The number of Topliss-reactive ketones (excluding diaryl/α,β-unsaturated/α-hetero) is 1. The monoisotopic (exact) mass is 482 g/mol. The molecule has 186 valence electrons. The van der Waals surface area contributed by atoms with Crippen molar-refractivity contribution in [3.63, 3.8) is 0 Å². The minimum atomic E-state index is -0.298. The number of carbonyl (C=O) groups excluding carboxylic acids is 1. The van der Waals surface area contributed by atoms with E-state index in [0.717, 1.165) is 34.6 Å². The van der Waals surface area contributed by atoms with Crippen molar-refractivity contribution in [1.29, 1.82) is 0 Å². The molecule has 5 rings (SSSR count). The van der Waals surface area contributed by atoms with E-state index in [2.05, 4.69) is 61.7 Å². The average Bonchev–Trinajstić information content (AvgIpc) is 3.04. The lowest BCUT2D eigenvalue weighted by molar-refractivity contribution is -0.116. The molecule has 5 nitrogen and oxygen atoms in total. The van der Waals surface area contributed by atoms with Gasteiger partial charge in [0.25, 0.3) is 0 Å². The lowest BCUT2D eigenvalue weighted by atomic mass is 9.77. The zero-order valence-corrected chi connectivity index (χ0v) is 21.6. The maximum absolute atomic E-state index is 13.8. The number of para-hydroxylation sites is 2. The van der Waals surface area contributed by atoms with Gasteiger partial charge in [0.2, 0.25) is 0 Å². The Hall–Kier alpha value is -3.73. The van der Waals surface area contributed by atoms with Crippen LogP contribution in [0.1, 0.15) is 62.3 Å². The van der Waals surface area contributed by atoms with Gasteiger partial charge in [-0.1, -0.05) is 63.2 Å². The number of ketones is 1. The molecule has 2 N–H and O–H groups in total. The van der Waals surface area contributed by atoms with Crippen molar-refractivity contribution < 1.29 is 14.3 Å². The van der Waals surface area contributed by atoms with Gasteiger partial charge in [-0.3, -0.25) is 4.79 Å². The molecule has 3 aromatic rings. The van der Waals surface area contributed by atoms with Crippen LogP contribution in [0.4, 0.5) is 11.4 Å². The maximum atomic E-state index is 13.8. The molecule has 0 saturated carbocycles. The number of hydrogen-bond acceptors (Lipinski definition) is 5. The number of carbonyl (C=O) groups is 1. The molecule has 3 aromatic carbocycles. The SMILES string of the molecule is COc1ccc(C2Nc3ccccc3NC3=C2C(=O)CC(c2ccc(C(C)(C)C)cc2)C3)cc1OC. The molecular formula is C31H34N2O3. The first-order chi connectivity index (χ1) is 17.3. The van der Waals surface area contributed by atoms with E-state index in [0.29, 0.717) is 17.9 Å². The summed E-state index contributed by atoms with van der Waals surface area (Å²) in [5.41, 5.74) is 7.27. The molecule has 0 radical (unpaired) electrons. The van der Waals surface area contributed by atoms with Gasteiger partial charge in [-0.25, -0.2) is 0 Å². The van der Waals surface area contributed by atoms with Crippen molar-refractivity contribution in [1.82, 2.24) is 0 Å². The Morgan fingerprint density at radius 2 is 1.47 bits per heavy atom. The summed E-state index contributed by atoms with van der Waals surface area (Å²) < 4.78 is 11.0. The minimum absolute atomic E-state index is 0.0987. The number of benzene rings is 3. The van der Waals surface area contributed by atoms with Crippen LogP contribution in [0.3, 0.4) is 0 Å². The molecule has 36 heavy (non-hydrogen) atoms. The van der Waals surface area contributed by atoms with E-state index < -0.39 is 0 Å². The first-order valence-electron chi connectivity index (χ1n) is 12.5. The van der Waals surface area contributed by atoms with Crippen molar-refractivity contribution in [2.45, 2.75) is 51.0 Å². The third-order valence-corrected chi connectivity index (χ3v) is 7.30. The molecule has 0 aromatic heterocycles. The molecule has 0 bridgehead atoms. The fraction of sp³-hybridized carbons (Fsp3) is 0.323. The van der Waals surface area contributed by atoms with Crippen molar-refractivity contribution >= 4 is 17.2 Å². The largest absolute Gasteiger partial charge is 0.493 e. The molecule has 0 saturated heterocycles. The van der Waals surface area contributed by atoms with Gasteiger partial charge in [0.1, 0.15) is 0 Å². The summed E-state index contributed by atoms with van der Waals surface area (Å²) in [4.78, 5) is 13.8. The van der Waals surface area contributed by atoms with Crippen LogP contribution in [0.5, 0.6) is 11.5 Å². The summed E-state index contributed by atoms with van der Waals surface area (Å²) in [7, 11) is 3.26. The first-order valence-corrected chi connectivity index (χ1v) is 12.5. The molecule has 2 aliphatic rings. The Labute approximate surface area is 213 Å². The van der Waals surface area contributed by atoms with Gasteiger partial charge in [-0.15, -0.1) is 0 Å². The van der Waals surface area contributed by atoms with Gasteiger partial charge in [0.05, 0.1) is 31.6 Å². The van der Waals surface area contributed by atoms with Crippen LogP contribution in [0.2, 0.25) is 0 Å². The lowest BCUT2D eigenvalue weighted by Crippen LogP contribution is -2.27. The molecular weight excluding hydrogens is 448 g/mol.